The first-order valence-electron chi connectivity index (χ1n) is 7.59. The summed E-state index contributed by atoms with van der Waals surface area (Å²) in [6, 6.07) is 13.0. The largest absolute Gasteiger partial charge is 0.465 e. The third kappa shape index (κ3) is 3.96. The maximum atomic E-state index is 6.39. The van der Waals surface area contributed by atoms with E-state index in [1.54, 1.807) is 0 Å². The topological polar surface area (TPSA) is 42.4 Å². The highest BCUT2D eigenvalue weighted by Gasteiger charge is 2.24. The van der Waals surface area contributed by atoms with Gasteiger partial charge >= 0.3 is 0 Å². The molecule has 2 atom stereocenters. The molecule has 3 nitrogen and oxygen atoms in total. The summed E-state index contributed by atoms with van der Waals surface area (Å²) in [6.07, 6.45) is 0.945. The van der Waals surface area contributed by atoms with Gasteiger partial charge in [-0.1, -0.05) is 36.8 Å². The number of aryl methyl sites for hydroxylation is 2. The molecular formula is C18H26N2O. The van der Waals surface area contributed by atoms with E-state index in [2.05, 4.69) is 50.1 Å². The number of nitrogens with two attached hydrogens (primary N) is 1. The van der Waals surface area contributed by atoms with Crippen molar-refractivity contribution in [3.8, 4) is 0 Å². The second-order valence-electron chi connectivity index (χ2n) is 5.86. The summed E-state index contributed by atoms with van der Waals surface area (Å²) in [7, 11) is 2.11. The molecule has 1 aromatic carbocycles. The predicted octanol–water partition coefficient (Wildman–Crippen LogP) is 3.81. The maximum Gasteiger partial charge on any atom is 0.118 e. The fraction of sp³-hybridized carbons (Fsp3) is 0.444. The van der Waals surface area contributed by atoms with E-state index in [1.165, 1.54) is 11.1 Å². The molecule has 2 rings (SSSR count). The Morgan fingerprint density at radius 3 is 2.52 bits per heavy atom. The van der Waals surface area contributed by atoms with Gasteiger partial charge in [0.2, 0.25) is 0 Å². The summed E-state index contributed by atoms with van der Waals surface area (Å²) in [4.78, 5) is 2.28. The number of benzene rings is 1. The van der Waals surface area contributed by atoms with Crippen LogP contribution in [0.4, 0.5) is 0 Å². The lowest BCUT2D eigenvalue weighted by Gasteiger charge is -2.32. The van der Waals surface area contributed by atoms with Crippen LogP contribution in [0.3, 0.4) is 0 Å². The molecule has 0 saturated carbocycles. The number of furan rings is 1. The van der Waals surface area contributed by atoms with Crippen LogP contribution in [-0.4, -0.2) is 18.0 Å². The van der Waals surface area contributed by atoms with Crippen LogP contribution in [0.5, 0.6) is 0 Å². The lowest BCUT2D eigenvalue weighted by atomic mass is 9.95. The molecule has 0 amide bonds. The Morgan fingerprint density at radius 2 is 1.95 bits per heavy atom. The minimum absolute atomic E-state index is 0.104. The van der Waals surface area contributed by atoms with Crippen molar-refractivity contribution in [3.05, 3.63) is 59.0 Å². The lowest BCUT2D eigenvalue weighted by molar-refractivity contribution is 0.187. The van der Waals surface area contributed by atoms with Crippen LogP contribution < -0.4 is 5.73 Å². The van der Waals surface area contributed by atoms with E-state index in [0.717, 1.165) is 24.5 Å². The molecule has 0 saturated heterocycles. The molecule has 0 aliphatic heterocycles. The fourth-order valence-corrected chi connectivity index (χ4v) is 2.82. The molecule has 3 heteroatoms. The van der Waals surface area contributed by atoms with Gasteiger partial charge in [-0.05, 0) is 45.0 Å². The van der Waals surface area contributed by atoms with Crippen molar-refractivity contribution in [1.82, 2.24) is 4.90 Å². The van der Waals surface area contributed by atoms with Gasteiger partial charge in [0.1, 0.15) is 11.5 Å². The van der Waals surface area contributed by atoms with Gasteiger partial charge in [0.05, 0.1) is 12.6 Å². The van der Waals surface area contributed by atoms with E-state index in [9.17, 15) is 0 Å². The van der Waals surface area contributed by atoms with Gasteiger partial charge in [-0.2, -0.15) is 0 Å². The summed E-state index contributed by atoms with van der Waals surface area (Å²) in [6.45, 7) is 6.99. The zero-order chi connectivity index (χ0) is 15.4. The van der Waals surface area contributed by atoms with E-state index < -0.39 is 0 Å². The van der Waals surface area contributed by atoms with Gasteiger partial charge in [-0.15, -0.1) is 0 Å². The van der Waals surface area contributed by atoms with Crippen LogP contribution in [0.15, 0.2) is 40.8 Å². The van der Waals surface area contributed by atoms with Crippen LogP contribution in [0.25, 0.3) is 0 Å². The molecule has 114 valence electrons. The van der Waals surface area contributed by atoms with Crippen molar-refractivity contribution in [1.29, 1.82) is 0 Å². The van der Waals surface area contributed by atoms with Crippen molar-refractivity contribution >= 4 is 0 Å². The highest BCUT2D eigenvalue weighted by Crippen LogP contribution is 2.26. The first kappa shape index (κ1) is 15.8. The molecule has 0 fully saturated rings. The summed E-state index contributed by atoms with van der Waals surface area (Å²) in [5.41, 5.74) is 8.93. The van der Waals surface area contributed by atoms with Gasteiger partial charge in [-0.3, -0.25) is 4.90 Å². The summed E-state index contributed by atoms with van der Waals surface area (Å²) in [5, 5.41) is 0. The number of hydrogen-bond acceptors (Lipinski definition) is 3. The highest BCUT2D eigenvalue weighted by molar-refractivity contribution is 5.26. The Kier molecular flexibility index (Phi) is 5.21. The molecule has 0 radical (unpaired) electrons. The van der Waals surface area contributed by atoms with E-state index >= 15 is 0 Å². The Hall–Kier alpha value is -1.58. The second kappa shape index (κ2) is 6.92. The maximum absolute atomic E-state index is 6.39. The van der Waals surface area contributed by atoms with Crippen molar-refractivity contribution in [2.45, 2.75) is 45.8 Å². The molecule has 0 aliphatic carbocycles. The van der Waals surface area contributed by atoms with Gasteiger partial charge in [0.25, 0.3) is 0 Å². The summed E-state index contributed by atoms with van der Waals surface area (Å²) >= 11 is 0. The molecule has 21 heavy (non-hydrogen) atoms. The van der Waals surface area contributed by atoms with E-state index in [0.29, 0.717) is 0 Å². The first-order valence-corrected chi connectivity index (χ1v) is 7.59. The van der Waals surface area contributed by atoms with E-state index in [4.69, 9.17) is 10.2 Å². The monoisotopic (exact) mass is 286 g/mol. The molecule has 1 aromatic heterocycles. The lowest BCUT2D eigenvalue weighted by Crippen LogP contribution is -2.38. The zero-order valence-electron chi connectivity index (χ0n) is 13.5. The molecule has 0 aliphatic rings. The Morgan fingerprint density at radius 1 is 1.19 bits per heavy atom. The van der Waals surface area contributed by atoms with Gasteiger partial charge in [0.15, 0.2) is 0 Å². The van der Waals surface area contributed by atoms with Gasteiger partial charge in [0, 0.05) is 6.04 Å². The molecule has 1 heterocycles. The van der Waals surface area contributed by atoms with Crippen LogP contribution in [0, 0.1) is 13.8 Å². The smallest absolute Gasteiger partial charge is 0.118 e. The summed E-state index contributed by atoms with van der Waals surface area (Å²) in [5.74, 6) is 1.93. The summed E-state index contributed by atoms with van der Waals surface area (Å²) < 4.78 is 5.69. The normalized spacial score (nSPS) is 14.4. The molecule has 0 bridgehead atoms. The highest BCUT2D eigenvalue weighted by atomic mass is 16.3. The molecule has 2 aromatic rings. The molecule has 2 unspecified atom stereocenters. The number of hydrogen-bond donors (Lipinski definition) is 1. The molecule has 0 spiro atoms. The van der Waals surface area contributed by atoms with Crippen molar-refractivity contribution in [2.24, 2.45) is 5.73 Å². The SMILES string of the molecule is CCC(N)C(c1cccc(C)c1)N(C)Cc1ccc(C)o1. The molecule has 2 N–H and O–H groups in total. The minimum Gasteiger partial charge on any atom is -0.465 e. The van der Waals surface area contributed by atoms with Crippen LogP contribution in [0.2, 0.25) is 0 Å². The van der Waals surface area contributed by atoms with Crippen LogP contribution >= 0.6 is 0 Å². The molecular weight excluding hydrogens is 260 g/mol. The first-order chi connectivity index (χ1) is 10.0. The van der Waals surface area contributed by atoms with Crippen molar-refractivity contribution in [2.75, 3.05) is 7.05 Å². The number of likely N-dealkylation sites (N-methyl/N-ethyl adjacent to an activating group) is 1. The number of rotatable bonds is 6. The number of nitrogens with zero attached hydrogens (tertiary/aromatic N) is 1. The Balaban J connectivity index is 2.23. The standard InChI is InChI=1S/C18H26N2O/c1-5-17(19)18(15-8-6-7-13(2)11-15)20(4)12-16-10-9-14(3)21-16/h6-11,17-18H,5,12,19H2,1-4H3. The van der Waals surface area contributed by atoms with Gasteiger partial charge in [-0.25, -0.2) is 0 Å². The average molecular weight is 286 g/mol. The average Bonchev–Trinajstić information content (AvgIpc) is 2.84. The van der Waals surface area contributed by atoms with E-state index in [1.807, 2.05) is 19.1 Å². The third-order valence-corrected chi connectivity index (χ3v) is 3.94. The third-order valence-electron chi connectivity index (χ3n) is 3.94. The van der Waals surface area contributed by atoms with Crippen LogP contribution in [-0.2, 0) is 6.54 Å². The second-order valence-corrected chi connectivity index (χ2v) is 5.86. The fourth-order valence-electron chi connectivity index (χ4n) is 2.82. The Labute approximate surface area is 127 Å². The van der Waals surface area contributed by atoms with Crippen LogP contribution in [0.1, 0.15) is 42.0 Å². The quantitative estimate of drug-likeness (QED) is 0.878. The zero-order valence-corrected chi connectivity index (χ0v) is 13.5. The van der Waals surface area contributed by atoms with Gasteiger partial charge < -0.3 is 10.2 Å². The van der Waals surface area contributed by atoms with Crippen molar-refractivity contribution < 1.29 is 4.42 Å². The minimum atomic E-state index is 0.104. The van der Waals surface area contributed by atoms with E-state index in [-0.39, 0.29) is 12.1 Å². The predicted molar refractivity (Wildman–Crippen MR) is 87.1 cm³/mol. The Bertz CT molecular complexity index is 576. The van der Waals surface area contributed by atoms with Crippen molar-refractivity contribution in [3.63, 3.8) is 0 Å².